The van der Waals surface area contributed by atoms with E-state index in [9.17, 15) is 0 Å². The van der Waals surface area contributed by atoms with Crippen LogP contribution < -0.4 is 5.32 Å². The van der Waals surface area contributed by atoms with Crippen molar-refractivity contribution in [2.45, 2.75) is 38.5 Å². The fraction of sp³-hybridized carbons (Fsp3) is 0.600. The van der Waals surface area contributed by atoms with E-state index in [4.69, 9.17) is 11.6 Å². The van der Waals surface area contributed by atoms with E-state index in [0.29, 0.717) is 5.92 Å². The highest BCUT2D eigenvalue weighted by Gasteiger charge is 2.32. The average molecular weight is 250 g/mol. The van der Waals surface area contributed by atoms with Crippen LogP contribution in [0.25, 0.3) is 0 Å². The third-order valence-electron chi connectivity index (χ3n) is 4.47. The minimum atomic E-state index is 0.687. The highest BCUT2D eigenvalue weighted by Crippen LogP contribution is 2.44. The summed E-state index contributed by atoms with van der Waals surface area (Å²) in [7, 11) is 0. The molecule has 2 aliphatic rings. The molecule has 0 bridgehead atoms. The van der Waals surface area contributed by atoms with Crippen molar-refractivity contribution >= 4 is 17.3 Å². The molecule has 0 amide bonds. The molecule has 92 valence electrons. The van der Waals surface area contributed by atoms with Crippen molar-refractivity contribution in [3.05, 3.63) is 28.8 Å². The van der Waals surface area contributed by atoms with Crippen LogP contribution in [0, 0.1) is 11.8 Å². The Bertz CT molecular complexity index is 415. The van der Waals surface area contributed by atoms with Crippen molar-refractivity contribution in [1.29, 1.82) is 0 Å². The van der Waals surface area contributed by atoms with Crippen molar-refractivity contribution < 1.29 is 0 Å². The molecule has 1 nitrogen and oxygen atoms in total. The maximum Gasteiger partial charge on any atom is 0.0410 e. The number of benzene rings is 1. The van der Waals surface area contributed by atoms with E-state index < -0.39 is 0 Å². The predicted molar refractivity (Wildman–Crippen MR) is 73.8 cm³/mol. The fourth-order valence-electron chi connectivity index (χ4n) is 3.60. The van der Waals surface area contributed by atoms with Gasteiger partial charge in [0.25, 0.3) is 0 Å². The van der Waals surface area contributed by atoms with Crippen LogP contribution in [0.2, 0.25) is 5.02 Å². The SMILES string of the molecule is CC1CCCC(C2CNc3ccc(Cl)cc32)C1. The summed E-state index contributed by atoms with van der Waals surface area (Å²) in [5.41, 5.74) is 2.76. The molecular weight excluding hydrogens is 230 g/mol. The van der Waals surface area contributed by atoms with Crippen LogP contribution in [0.3, 0.4) is 0 Å². The minimum absolute atomic E-state index is 0.687. The van der Waals surface area contributed by atoms with Gasteiger partial charge in [0, 0.05) is 23.2 Å². The zero-order valence-corrected chi connectivity index (χ0v) is 11.1. The predicted octanol–water partition coefficient (Wildman–Crippen LogP) is 4.68. The van der Waals surface area contributed by atoms with Crippen LogP contribution in [-0.2, 0) is 0 Å². The first kappa shape index (κ1) is 11.4. The summed E-state index contributed by atoms with van der Waals surface area (Å²) in [4.78, 5) is 0. The Morgan fingerprint density at radius 2 is 2.18 bits per heavy atom. The molecule has 0 saturated heterocycles. The molecule has 3 atom stereocenters. The molecule has 0 spiro atoms. The molecule has 1 aliphatic carbocycles. The number of nitrogens with one attached hydrogen (secondary N) is 1. The van der Waals surface area contributed by atoms with Crippen molar-refractivity contribution in [1.82, 2.24) is 0 Å². The number of hydrogen-bond donors (Lipinski definition) is 1. The lowest BCUT2D eigenvalue weighted by molar-refractivity contribution is 0.253. The second kappa shape index (κ2) is 4.53. The molecule has 1 fully saturated rings. The molecule has 1 N–H and O–H groups in total. The van der Waals surface area contributed by atoms with Gasteiger partial charge in [-0.1, -0.05) is 31.4 Å². The van der Waals surface area contributed by atoms with E-state index in [1.54, 1.807) is 0 Å². The molecule has 1 saturated carbocycles. The van der Waals surface area contributed by atoms with Gasteiger partial charge in [0.1, 0.15) is 0 Å². The summed E-state index contributed by atoms with van der Waals surface area (Å²) in [5.74, 6) is 2.44. The maximum atomic E-state index is 6.13. The Morgan fingerprint density at radius 3 is 3.00 bits per heavy atom. The molecule has 0 radical (unpaired) electrons. The molecule has 3 unspecified atom stereocenters. The molecule has 2 heteroatoms. The van der Waals surface area contributed by atoms with E-state index in [1.165, 1.54) is 36.9 Å². The lowest BCUT2D eigenvalue weighted by Crippen LogP contribution is -2.21. The summed E-state index contributed by atoms with van der Waals surface area (Å²) < 4.78 is 0. The van der Waals surface area contributed by atoms with Crippen LogP contribution in [-0.4, -0.2) is 6.54 Å². The highest BCUT2D eigenvalue weighted by molar-refractivity contribution is 6.30. The minimum Gasteiger partial charge on any atom is -0.384 e. The van der Waals surface area contributed by atoms with Gasteiger partial charge in [0.2, 0.25) is 0 Å². The van der Waals surface area contributed by atoms with Gasteiger partial charge in [-0.2, -0.15) is 0 Å². The summed E-state index contributed by atoms with van der Waals surface area (Å²) in [6, 6.07) is 6.28. The molecular formula is C15H20ClN. The summed E-state index contributed by atoms with van der Waals surface area (Å²) in [5, 5.41) is 4.41. The first-order valence-electron chi connectivity index (χ1n) is 6.77. The molecule has 0 aromatic heterocycles. The Hall–Kier alpha value is -0.690. The van der Waals surface area contributed by atoms with Gasteiger partial charge in [-0.25, -0.2) is 0 Å². The number of rotatable bonds is 1. The lowest BCUT2D eigenvalue weighted by atomic mass is 9.74. The Kier molecular flexibility index (Phi) is 3.04. The van der Waals surface area contributed by atoms with E-state index in [1.807, 2.05) is 6.07 Å². The largest absolute Gasteiger partial charge is 0.384 e. The van der Waals surface area contributed by atoms with E-state index >= 15 is 0 Å². The second-order valence-corrected chi connectivity index (χ2v) is 6.19. The van der Waals surface area contributed by atoms with Gasteiger partial charge < -0.3 is 5.32 Å². The molecule has 1 aromatic carbocycles. The second-order valence-electron chi connectivity index (χ2n) is 5.75. The Labute approximate surface area is 109 Å². The van der Waals surface area contributed by atoms with Crippen LogP contribution in [0.15, 0.2) is 18.2 Å². The summed E-state index contributed by atoms with van der Waals surface area (Å²) >= 11 is 6.13. The normalized spacial score (nSPS) is 32.0. The van der Waals surface area contributed by atoms with Crippen LogP contribution >= 0.6 is 11.6 Å². The Balaban J connectivity index is 1.84. The van der Waals surface area contributed by atoms with Gasteiger partial charge in [-0.05, 0) is 48.4 Å². The highest BCUT2D eigenvalue weighted by atomic mass is 35.5. The van der Waals surface area contributed by atoms with Crippen molar-refractivity contribution in [2.24, 2.45) is 11.8 Å². The van der Waals surface area contributed by atoms with Crippen molar-refractivity contribution in [2.75, 3.05) is 11.9 Å². The monoisotopic (exact) mass is 249 g/mol. The number of fused-ring (bicyclic) bond motifs is 1. The zero-order valence-electron chi connectivity index (χ0n) is 10.4. The van der Waals surface area contributed by atoms with E-state index in [2.05, 4.69) is 24.4 Å². The maximum absolute atomic E-state index is 6.13. The van der Waals surface area contributed by atoms with Gasteiger partial charge in [-0.15, -0.1) is 0 Å². The van der Waals surface area contributed by atoms with E-state index in [-0.39, 0.29) is 0 Å². The fourth-order valence-corrected chi connectivity index (χ4v) is 3.78. The third-order valence-corrected chi connectivity index (χ3v) is 4.71. The standard InChI is InChI=1S/C15H20ClN/c1-10-3-2-4-11(7-10)14-9-17-15-6-5-12(16)8-13(14)15/h5-6,8,10-11,14,17H,2-4,7,9H2,1H3. The first-order valence-corrected chi connectivity index (χ1v) is 7.15. The molecule has 3 rings (SSSR count). The van der Waals surface area contributed by atoms with Crippen molar-refractivity contribution in [3.8, 4) is 0 Å². The van der Waals surface area contributed by atoms with Gasteiger partial charge in [0.15, 0.2) is 0 Å². The number of hydrogen-bond acceptors (Lipinski definition) is 1. The Morgan fingerprint density at radius 1 is 1.29 bits per heavy atom. The quantitative estimate of drug-likeness (QED) is 0.762. The summed E-state index contributed by atoms with van der Waals surface area (Å²) in [6.45, 7) is 3.50. The van der Waals surface area contributed by atoms with Crippen LogP contribution in [0.4, 0.5) is 5.69 Å². The van der Waals surface area contributed by atoms with Crippen LogP contribution in [0.5, 0.6) is 0 Å². The van der Waals surface area contributed by atoms with Gasteiger partial charge in [-0.3, -0.25) is 0 Å². The number of anilines is 1. The number of halogens is 1. The molecule has 1 aliphatic heterocycles. The molecule has 17 heavy (non-hydrogen) atoms. The third kappa shape index (κ3) is 2.18. The van der Waals surface area contributed by atoms with Crippen molar-refractivity contribution in [3.63, 3.8) is 0 Å². The molecule has 1 heterocycles. The average Bonchev–Trinajstić information content (AvgIpc) is 2.71. The van der Waals surface area contributed by atoms with Gasteiger partial charge in [0.05, 0.1) is 0 Å². The summed E-state index contributed by atoms with van der Waals surface area (Å²) in [6.07, 6.45) is 5.60. The smallest absolute Gasteiger partial charge is 0.0410 e. The topological polar surface area (TPSA) is 12.0 Å². The zero-order chi connectivity index (χ0) is 11.8. The van der Waals surface area contributed by atoms with Gasteiger partial charge >= 0.3 is 0 Å². The van der Waals surface area contributed by atoms with Crippen LogP contribution in [0.1, 0.15) is 44.1 Å². The lowest BCUT2D eigenvalue weighted by Gasteiger charge is -2.31. The molecule has 1 aromatic rings. The first-order chi connectivity index (χ1) is 8.24. The van der Waals surface area contributed by atoms with E-state index in [0.717, 1.165) is 23.4 Å².